The zero-order chi connectivity index (χ0) is 63.2. The molecule has 2 amide bonds. The second kappa shape index (κ2) is 44.4. The maximum absolute atomic E-state index is 13.9. The second-order valence-electron chi connectivity index (χ2n) is 22.3. The van der Waals surface area contributed by atoms with Crippen LogP contribution in [-0.2, 0) is 51.5 Å². The molecule has 496 valence electrons. The molecule has 0 saturated carbocycles. The van der Waals surface area contributed by atoms with Gasteiger partial charge in [-0.3, -0.25) is 33.2 Å². The lowest BCUT2D eigenvalue weighted by Gasteiger charge is -2.45. The molecule has 13 N–H and O–H groups in total. The highest BCUT2D eigenvalue weighted by molar-refractivity contribution is 7.46. The Hall–Kier alpha value is -3.08. The number of halogens is 1. The number of esters is 1. The maximum atomic E-state index is 13.9. The van der Waals surface area contributed by atoms with Crippen LogP contribution in [0.4, 0.5) is 4.39 Å². The molecule has 26 nitrogen and oxygen atoms in total. The molecule has 2 saturated heterocycles. The van der Waals surface area contributed by atoms with Crippen LogP contribution >= 0.6 is 15.6 Å². The van der Waals surface area contributed by atoms with Gasteiger partial charge >= 0.3 is 27.3 Å². The molecule has 2 aliphatic heterocycles. The Labute approximate surface area is 499 Å². The summed E-state index contributed by atoms with van der Waals surface area (Å²) in [5, 5.41) is 59.7. The van der Waals surface area contributed by atoms with Gasteiger partial charge in [0.15, 0.2) is 12.6 Å². The van der Waals surface area contributed by atoms with Crippen LogP contribution in [0.1, 0.15) is 226 Å². The quantitative estimate of drug-likeness (QED) is 0.0199. The zero-order valence-corrected chi connectivity index (χ0v) is 51.9. The summed E-state index contributed by atoms with van der Waals surface area (Å²) in [6.07, 6.45) is 11.5. The van der Waals surface area contributed by atoms with Crippen LogP contribution in [-0.4, -0.2) is 160 Å². The molecule has 0 radical (unpaired) electrons. The van der Waals surface area contributed by atoms with E-state index in [9.17, 15) is 82.6 Å². The number of H-pyrrole nitrogens is 2. The highest BCUT2D eigenvalue weighted by atomic mass is 31.2. The lowest BCUT2D eigenvalue weighted by molar-refractivity contribution is -0.294. The van der Waals surface area contributed by atoms with E-state index in [2.05, 4.69) is 31.4 Å². The number of carbonyl (C=O) groups is 3. The summed E-state index contributed by atoms with van der Waals surface area (Å²) in [5.41, 5.74) is -1.71. The summed E-state index contributed by atoms with van der Waals surface area (Å²) in [6.45, 7) is 4.65. The third kappa shape index (κ3) is 35.0. The molecule has 0 aromatic carbocycles. The van der Waals surface area contributed by atoms with Gasteiger partial charge in [-0.25, -0.2) is 13.9 Å². The third-order valence-corrected chi connectivity index (χ3v) is 15.8. The Morgan fingerprint density at radius 3 is 1.53 bits per heavy atom. The molecular weight excluding hydrogens is 1160 g/mol. The van der Waals surface area contributed by atoms with Crippen molar-refractivity contribution in [3.05, 3.63) is 32.9 Å². The SMILES string of the molecule is CCCCCCCCCCCC(=O)O[C@H](CCCCCCCCCCC)CC(=O)N[C@H]1[C@H](OC[C@H]2O[C@H](OP(=O)(O)O)[C@H](NC(=O)C[C@H](O)CCCCCCCCCCC)[C@@H](O)[C@@H]2O)O[C@H](CO)[C@@H](OP(=O)(O)O)[C@@H]1O.O=c1[nH]cc(F)c(=O)[nH]1. The van der Waals surface area contributed by atoms with Crippen molar-refractivity contribution in [2.24, 2.45) is 0 Å². The monoisotopic (exact) mass is 1260 g/mol. The van der Waals surface area contributed by atoms with Crippen LogP contribution in [0.15, 0.2) is 15.8 Å². The number of carbonyl (C=O) groups excluding carboxylic acids is 3. The number of aliphatic hydroxyl groups is 5. The van der Waals surface area contributed by atoms with Gasteiger partial charge in [0, 0.05) is 12.6 Å². The smallest absolute Gasteiger partial charge is 0.462 e. The number of aromatic amines is 2. The van der Waals surface area contributed by atoms with Gasteiger partial charge < -0.3 is 79.7 Å². The number of aromatic nitrogens is 2. The van der Waals surface area contributed by atoms with Crippen molar-refractivity contribution in [3.8, 4) is 0 Å². The van der Waals surface area contributed by atoms with E-state index in [1.807, 2.05) is 4.98 Å². The van der Waals surface area contributed by atoms with E-state index >= 15 is 0 Å². The standard InChI is InChI=1S/C52H100N2O20P2.C4H3FN2O2/c1-4-7-10-13-16-19-22-25-28-31-38(56)34-42(57)53-45-48(61)47(60)41(72-52(45)74-76(66,67)68)37-69-51-46(49(62)50(40(36-55)71-51)73-75(63,64)65)54-43(58)35-39(32-29-26-23-20-17-14-11-8-5-2)70-44(59)33-30-27-24-21-18-15-12-9-6-3;5-2-1-6-4(9)7-3(2)8/h38-41,45-52,55-56,60-62H,4-37H2,1-3H3,(H,53,57)(H,54,58)(H2,63,64,65)(H2,66,67,68);1H,(H2,6,7,8,9)/t38-,39-,40-,41-,45-,46-,47-,48-,49-,50-,51-,52-;/m1./s1. The minimum Gasteiger partial charge on any atom is -0.462 e. The van der Waals surface area contributed by atoms with Crippen LogP contribution in [0, 0.1) is 5.82 Å². The van der Waals surface area contributed by atoms with Gasteiger partial charge in [0.2, 0.25) is 17.6 Å². The van der Waals surface area contributed by atoms with E-state index in [0.29, 0.717) is 38.3 Å². The van der Waals surface area contributed by atoms with Gasteiger partial charge in [-0.15, -0.1) is 0 Å². The number of hydrogen-bond donors (Lipinski definition) is 13. The van der Waals surface area contributed by atoms with Gasteiger partial charge in [-0.1, -0.05) is 181 Å². The molecule has 29 heteroatoms. The van der Waals surface area contributed by atoms with Gasteiger partial charge in [-0.05, 0) is 25.7 Å². The number of phosphoric acid groups is 2. The van der Waals surface area contributed by atoms with E-state index < -0.39 is 150 Å². The maximum Gasteiger partial charge on any atom is 0.472 e. The zero-order valence-electron chi connectivity index (χ0n) is 50.2. The molecule has 0 bridgehead atoms. The third-order valence-electron chi connectivity index (χ3n) is 14.8. The van der Waals surface area contributed by atoms with Crippen molar-refractivity contribution in [2.45, 2.75) is 300 Å². The first kappa shape index (κ1) is 78.0. The van der Waals surface area contributed by atoms with Crippen molar-refractivity contribution >= 4 is 33.4 Å². The number of rotatable bonds is 45. The molecule has 1 aromatic rings. The van der Waals surface area contributed by atoms with Crippen molar-refractivity contribution in [1.29, 1.82) is 0 Å². The largest absolute Gasteiger partial charge is 0.472 e. The van der Waals surface area contributed by atoms with Crippen LogP contribution < -0.4 is 21.9 Å². The fourth-order valence-electron chi connectivity index (χ4n) is 10.1. The van der Waals surface area contributed by atoms with E-state index in [1.165, 1.54) is 64.2 Å². The second-order valence-corrected chi connectivity index (χ2v) is 24.7. The van der Waals surface area contributed by atoms with Gasteiger partial charge in [0.05, 0.1) is 32.2 Å². The Balaban J connectivity index is 0.00000249. The van der Waals surface area contributed by atoms with E-state index in [4.69, 9.17) is 28.0 Å². The molecule has 3 heterocycles. The van der Waals surface area contributed by atoms with E-state index in [0.717, 1.165) is 89.9 Å². The predicted molar refractivity (Wildman–Crippen MR) is 311 cm³/mol. The number of aliphatic hydroxyl groups excluding tert-OH is 5. The molecule has 85 heavy (non-hydrogen) atoms. The molecular formula is C56H103FN4O22P2. The highest BCUT2D eigenvalue weighted by Crippen LogP contribution is 2.43. The van der Waals surface area contributed by atoms with Crippen molar-refractivity contribution < 1.29 is 101 Å². The normalized spacial score (nSPS) is 23.4. The summed E-state index contributed by atoms with van der Waals surface area (Å²) < 4.78 is 68.8. The van der Waals surface area contributed by atoms with E-state index in [1.54, 1.807) is 4.98 Å². The average molecular weight is 1270 g/mol. The summed E-state index contributed by atoms with van der Waals surface area (Å²) >= 11 is 0. The lowest BCUT2D eigenvalue weighted by atomic mass is 9.95. The Kier molecular flexibility index (Phi) is 40.7. The molecule has 1 aromatic heterocycles. The molecule has 3 rings (SSSR count). The summed E-state index contributed by atoms with van der Waals surface area (Å²) in [5.74, 6) is -3.11. The van der Waals surface area contributed by atoms with Crippen molar-refractivity contribution in [3.63, 3.8) is 0 Å². The topological polar surface area (TPSA) is 413 Å². The number of nitrogens with one attached hydrogen (secondary N) is 4. The minimum absolute atomic E-state index is 0.153. The highest BCUT2D eigenvalue weighted by Gasteiger charge is 2.52. The van der Waals surface area contributed by atoms with Crippen LogP contribution in [0.5, 0.6) is 0 Å². The first-order chi connectivity index (χ1) is 40.4. The summed E-state index contributed by atoms with van der Waals surface area (Å²) in [4.78, 5) is 103. The number of phosphoric ester groups is 2. The molecule has 0 aliphatic carbocycles. The van der Waals surface area contributed by atoms with Gasteiger partial charge in [-0.2, -0.15) is 4.39 Å². The van der Waals surface area contributed by atoms with Gasteiger partial charge in [0.1, 0.15) is 54.8 Å². The summed E-state index contributed by atoms with van der Waals surface area (Å²) in [7, 11) is -10.8. The first-order valence-corrected chi connectivity index (χ1v) is 34.0. The van der Waals surface area contributed by atoms with Crippen LogP contribution in [0.3, 0.4) is 0 Å². The Bertz CT molecular complexity index is 2190. The first-order valence-electron chi connectivity index (χ1n) is 30.9. The molecule has 2 fully saturated rings. The number of unbranched alkanes of at least 4 members (excludes halogenated alkanes) is 24. The van der Waals surface area contributed by atoms with Crippen LogP contribution in [0.25, 0.3) is 0 Å². The summed E-state index contributed by atoms with van der Waals surface area (Å²) in [6, 6.07) is -3.52. The fraction of sp³-hybridized carbons (Fsp3) is 0.875. The number of ether oxygens (including phenoxy) is 4. The van der Waals surface area contributed by atoms with Gasteiger partial charge in [0.25, 0.3) is 5.56 Å². The fourth-order valence-corrected chi connectivity index (χ4v) is 11.1. The molecule has 2 aliphatic rings. The molecule has 0 spiro atoms. The average Bonchev–Trinajstić information content (AvgIpc) is 3.61. The van der Waals surface area contributed by atoms with Crippen molar-refractivity contribution in [1.82, 2.24) is 20.6 Å². The minimum atomic E-state index is -5.42. The van der Waals surface area contributed by atoms with Crippen LogP contribution in [0.2, 0.25) is 0 Å². The number of amides is 2. The Morgan fingerprint density at radius 1 is 0.612 bits per heavy atom. The molecule has 12 atom stereocenters. The van der Waals surface area contributed by atoms with E-state index in [-0.39, 0.29) is 6.42 Å². The predicted octanol–water partition coefficient (Wildman–Crippen LogP) is 6.10. The number of hydrogen-bond acceptors (Lipinski definition) is 18. The lowest BCUT2D eigenvalue weighted by Crippen LogP contribution is -2.67. The molecule has 0 unspecified atom stereocenters. The van der Waals surface area contributed by atoms with Crippen molar-refractivity contribution in [2.75, 3.05) is 13.2 Å². The Morgan fingerprint density at radius 2 is 1.06 bits per heavy atom.